The normalized spacial score (nSPS) is 30.1. The molecule has 0 aliphatic carbocycles. The molecule has 3 heterocycles. The summed E-state index contributed by atoms with van der Waals surface area (Å²) < 4.78 is 15.8. The Labute approximate surface area is 177 Å². The number of carboxylic acids is 1. The van der Waals surface area contributed by atoms with Crippen LogP contribution in [-0.2, 0) is 27.7 Å². The number of carboxylic acid groups (broad SMARTS) is 1. The molecular weight excluding hydrogens is 491 g/mol. The van der Waals surface area contributed by atoms with Gasteiger partial charge in [-0.1, -0.05) is 0 Å². The maximum atomic E-state index is 12.4. The van der Waals surface area contributed by atoms with Crippen LogP contribution >= 0.6 is 0 Å². The van der Waals surface area contributed by atoms with E-state index in [1.807, 2.05) is 14.7 Å². The zero-order valence-electron chi connectivity index (χ0n) is 16.2. The summed E-state index contributed by atoms with van der Waals surface area (Å²) in [5.74, 6) is -2.68. The van der Waals surface area contributed by atoms with Crippen molar-refractivity contribution in [3.63, 3.8) is 0 Å². The van der Waals surface area contributed by atoms with Gasteiger partial charge in [0.05, 0.1) is 0 Å². The van der Waals surface area contributed by atoms with Crippen LogP contribution in [0.3, 0.4) is 0 Å². The van der Waals surface area contributed by atoms with Gasteiger partial charge in [0.25, 0.3) is 0 Å². The van der Waals surface area contributed by atoms with Crippen molar-refractivity contribution in [3.8, 4) is 0 Å². The zero-order valence-corrected chi connectivity index (χ0v) is 19.5. The number of fused-ring (bicyclic) bond motifs is 7. The van der Waals surface area contributed by atoms with E-state index in [4.69, 9.17) is 8.56 Å². The second-order valence-corrected chi connectivity index (χ2v) is 10.9. The fraction of sp³-hybridized carbons (Fsp3) is 0.750. The van der Waals surface area contributed by atoms with Crippen LogP contribution in [0.1, 0.15) is 0 Å². The second-order valence-electron chi connectivity index (χ2n) is 7.26. The second kappa shape index (κ2) is 10.6. The van der Waals surface area contributed by atoms with Gasteiger partial charge in [0.1, 0.15) is 0 Å². The Morgan fingerprint density at radius 1 is 0.724 bits per heavy atom. The van der Waals surface area contributed by atoms with Crippen molar-refractivity contribution in [1.82, 2.24) is 19.6 Å². The summed E-state index contributed by atoms with van der Waals surface area (Å²) in [6.45, 7) is 3.81. The Balaban J connectivity index is 1.89. The number of carbonyl (C=O) groups is 4. The molecule has 1 N–H and O–H groups in total. The van der Waals surface area contributed by atoms with E-state index in [1.54, 1.807) is 4.90 Å². The van der Waals surface area contributed by atoms with Crippen molar-refractivity contribution in [3.05, 3.63) is 0 Å². The van der Waals surface area contributed by atoms with Crippen molar-refractivity contribution < 1.29 is 32.8 Å². The van der Waals surface area contributed by atoms with E-state index in [2.05, 4.69) is 0 Å². The molecule has 2 atom stereocenters. The van der Waals surface area contributed by atoms with E-state index in [9.17, 15) is 24.3 Å². The van der Waals surface area contributed by atoms with Gasteiger partial charge >= 0.3 is 178 Å². The molecule has 160 valence electrons. The zero-order chi connectivity index (χ0) is 20.8. The van der Waals surface area contributed by atoms with E-state index >= 15 is 0 Å². The van der Waals surface area contributed by atoms with Gasteiger partial charge in [-0.25, -0.2) is 0 Å². The molecule has 3 aliphatic heterocycles. The number of hydrogen-bond acceptors (Lipinski definition) is 11. The molecule has 0 spiro atoms. The third-order valence-electron chi connectivity index (χ3n) is 5.03. The summed E-state index contributed by atoms with van der Waals surface area (Å²) in [5.41, 5.74) is 0. The molecule has 3 rings (SSSR count). The first kappa shape index (κ1) is 22.3. The minimum absolute atomic E-state index is 0.0370. The predicted molar refractivity (Wildman–Crippen MR) is 97.4 cm³/mol. The molecule has 29 heavy (non-hydrogen) atoms. The molecule has 0 radical (unpaired) electrons. The molecule has 3 saturated heterocycles. The van der Waals surface area contributed by atoms with Crippen molar-refractivity contribution >= 4 is 46.6 Å². The van der Waals surface area contributed by atoms with Crippen molar-refractivity contribution in [2.45, 2.75) is 0 Å². The third kappa shape index (κ3) is 7.41. The average molecular weight is 516 g/mol. The van der Waals surface area contributed by atoms with E-state index in [0.717, 1.165) is 0 Å². The summed E-state index contributed by atoms with van der Waals surface area (Å²) in [4.78, 5) is 55.6. The first-order valence-electron chi connectivity index (χ1n) is 9.57. The topological polar surface area (TPSA) is 129 Å². The van der Waals surface area contributed by atoms with Crippen LogP contribution in [0.2, 0.25) is 0 Å². The van der Waals surface area contributed by atoms with Crippen molar-refractivity contribution in [2.24, 2.45) is 0 Å². The number of rotatable bonds is 2. The number of hydrogen-bond donors (Lipinski definition) is 1. The molecule has 0 saturated carbocycles. The van der Waals surface area contributed by atoms with Crippen LogP contribution in [0.5, 0.6) is 0 Å². The number of nitrogens with zero attached hydrogens (tertiary/aromatic N) is 4. The summed E-state index contributed by atoms with van der Waals surface area (Å²) in [6, 6.07) is 0. The molecule has 3 aliphatic rings. The van der Waals surface area contributed by atoms with E-state index in [-0.39, 0.29) is 26.2 Å². The van der Waals surface area contributed by atoms with Gasteiger partial charge in [-0.15, -0.1) is 0 Å². The van der Waals surface area contributed by atoms with Gasteiger partial charge in [-0.3, -0.25) is 0 Å². The Morgan fingerprint density at radius 3 is 1.41 bits per heavy atom. The van der Waals surface area contributed by atoms with Gasteiger partial charge in [0.2, 0.25) is 0 Å². The maximum absolute atomic E-state index is 12.4. The van der Waals surface area contributed by atoms with Gasteiger partial charge in [-0.2, -0.15) is 0 Å². The molecule has 2 unspecified atom stereocenters. The molecule has 0 aromatic heterocycles. The minimum atomic E-state index is -4.10. The first-order valence-corrected chi connectivity index (χ1v) is 13.6. The van der Waals surface area contributed by atoms with Crippen LogP contribution in [-0.4, -0.2) is 150 Å². The Hall–Kier alpha value is -1.41. The summed E-state index contributed by atoms with van der Waals surface area (Å²) >= 11 is -4.10. The van der Waals surface area contributed by atoms with Crippen LogP contribution < -0.4 is 0 Å². The number of aliphatic carboxylic acids is 1. The van der Waals surface area contributed by atoms with Crippen LogP contribution in [0.25, 0.3) is 0 Å². The molecule has 4 bridgehead atoms. The monoisotopic (exact) mass is 516 g/mol. The van der Waals surface area contributed by atoms with Gasteiger partial charge in [0, 0.05) is 0 Å². The Bertz CT molecular complexity index is 614. The Morgan fingerprint density at radius 2 is 1.07 bits per heavy atom. The van der Waals surface area contributed by atoms with E-state index in [1.165, 1.54) is 0 Å². The molecule has 0 aromatic rings. The fourth-order valence-electron chi connectivity index (χ4n) is 3.46. The standard InChI is InChI=1S/C16H28N4O8.In/c21-13(22)9-17-1-2-18(10-14(23)24)5-6-20(12-16(27)28)8-7-19(4-3-17)11-15(25)26;/h1-12H2,(H,21,22)(H,23,24)(H,25,26)(H,27,28);/q;+3/p-3. The predicted octanol–water partition coefficient (Wildman–Crippen LogP) is -3.07. The quantitative estimate of drug-likeness (QED) is 0.400. The molecule has 0 aromatic carbocycles. The molecular formula is C16H25InN4O8. The Kier molecular flexibility index (Phi) is 8.12. The van der Waals surface area contributed by atoms with Gasteiger partial charge in [-0.05, 0) is 0 Å². The van der Waals surface area contributed by atoms with Crippen LogP contribution in [0.15, 0.2) is 0 Å². The molecule has 13 heteroatoms. The van der Waals surface area contributed by atoms with E-state index < -0.39 is 46.6 Å². The molecule has 3 fully saturated rings. The van der Waals surface area contributed by atoms with Crippen LogP contribution in [0.4, 0.5) is 0 Å². The van der Waals surface area contributed by atoms with Crippen LogP contribution in [0, 0.1) is 0 Å². The van der Waals surface area contributed by atoms with E-state index in [0.29, 0.717) is 52.4 Å². The molecule has 12 nitrogen and oxygen atoms in total. The fourth-order valence-corrected chi connectivity index (χ4v) is 6.34. The molecule has 0 amide bonds. The third-order valence-corrected chi connectivity index (χ3v) is 8.93. The number of carbonyl (C=O) groups excluding carboxylic acids is 3. The first-order chi connectivity index (χ1) is 13.9. The van der Waals surface area contributed by atoms with Crippen molar-refractivity contribution in [2.75, 3.05) is 78.5 Å². The van der Waals surface area contributed by atoms with Gasteiger partial charge in [0.15, 0.2) is 0 Å². The average Bonchev–Trinajstić information content (AvgIpc) is 2.65. The van der Waals surface area contributed by atoms with Crippen molar-refractivity contribution in [1.29, 1.82) is 0 Å². The summed E-state index contributed by atoms with van der Waals surface area (Å²) in [5, 5.41) is 9.19. The SMILES string of the molecule is O=C(O)CN1CCN2CCN3CCN(CC1)CC(=O)[O][In]([O]C(=O)C2)[O]C(=O)C3. The summed E-state index contributed by atoms with van der Waals surface area (Å²) in [6.07, 6.45) is 0. The van der Waals surface area contributed by atoms with Gasteiger partial charge < -0.3 is 0 Å². The summed E-state index contributed by atoms with van der Waals surface area (Å²) in [7, 11) is 0.